The van der Waals surface area contributed by atoms with Crippen LogP contribution in [-0.4, -0.2) is 49.8 Å². The zero-order valence-electron chi connectivity index (χ0n) is 13.7. The molecule has 21 heavy (non-hydrogen) atoms. The van der Waals surface area contributed by atoms with Crippen molar-refractivity contribution in [2.75, 3.05) is 33.4 Å². The fourth-order valence-electron chi connectivity index (χ4n) is 3.87. The van der Waals surface area contributed by atoms with Crippen LogP contribution in [0, 0.1) is 5.41 Å². The zero-order valence-corrected chi connectivity index (χ0v) is 14.5. The third-order valence-electron chi connectivity index (χ3n) is 5.18. The Balaban J connectivity index is 0.00000220. The van der Waals surface area contributed by atoms with E-state index in [2.05, 4.69) is 18.7 Å². The van der Waals surface area contributed by atoms with Gasteiger partial charge in [0.05, 0.1) is 19.1 Å². The molecule has 2 atom stereocenters. The summed E-state index contributed by atoms with van der Waals surface area (Å²) in [5.41, 5.74) is 0.445. The molecule has 0 aromatic carbocycles. The lowest BCUT2D eigenvalue weighted by atomic mass is 9.68. The highest BCUT2D eigenvalue weighted by Gasteiger charge is 2.44. The van der Waals surface area contributed by atoms with Gasteiger partial charge in [-0.2, -0.15) is 0 Å². The quantitative estimate of drug-likeness (QED) is 0.747. The van der Waals surface area contributed by atoms with E-state index in [4.69, 9.17) is 9.47 Å². The largest absolute Gasteiger partial charge is 0.469 e. The molecule has 2 unspecified atom stereocenters. The number of esters is 1. The zero-order chi connectivity index (χ0) is 14.6. The SMILES string of the molecule is CCC1(C)CC2(CCCN(CCC(=O)OC)C2)CCO1.Cl. The van der Waals surface area contributed by atoms with Crippen molar-refractivity contribution in [3.8, 4) is 0 Å². The molecule has 2 aliphatic heterocycles. The van der Waals surface area contributed by atoms with Gasteiger partial charge in [-0.25, -0.2) is 0 Å². The molecule has 0 aliphatic carbocycles. The van der Waals surface area contributed by atoms with Crippen molar-refractivity contribution in [2.24, 2.45) is 5.41 Å². The maximum absolute atomic E-state index is 11.3. The van der Waals surface area contributed by atoms with Crippen LogP contribution in [0.1, 0.15) is 52.4 Å². The molecule has 0 bridgehead atoms. The lowest BCUT2D eigenvalue weighted by Crippen LogP contribution is -2.51. The molecule has 2 rings (SSSR count). The number of nitrogens with zero attached hydrogens (tertiary/aromatic N) is 1. The van der Waals surface area contributed by atoms with Crippen LogP contribution in [0.5, 0.6) is 0 Å². The minimum absolute atomic E-state index is 0. The van der Waals surface area contributed by atoms with Crippen LogP contribution in [0.2, 0.25) is 0 Å². The Bertz CT molecular complexity index is 348. The molecule has 4 nitrogen and oxygen atoms in total. The van der Waals surface area contributed by atoms with E-state index in [1.807, 2.05) is 0 Å². The summed E-state index contributed by atoms with van der Waals surface area (Å²) in [6.07, 6.45) is 6.45. The van der Waals surface area contributed by atoms with Crippen LogP contribution >= 0.6 is 12.4 Å². The summed E-state index contributed by atoms with van der Waals surface area (Å²) in [6, 6.07) is 0. The maximum atomic E-state index is 11.3. The monoisotopic (exact) mass is 319 g/mol. The van der Waals surface area contributed by atoms with Gasteiger partial charge >= 0.3 is 5.97 Å². The number of hydrogen-bond acceptors (Lipinski definition) is 4. The third-order valence-corrected chi connectivity index (χ3v) is 5.18. The number of likely N-dealkylation sites (tertiary alicyclic amines) is 1. The number of carbonyl (C=O) groups excluding carboxylic acids is 1. The normalized spacial score (nSPS) is 33.5. The first-order chi connectivity index (χ1) is 9.51. The van der Waals surface area contributed by atoms with Gasteiger partial charge in [0.25, 0.3) is 0 Å². The first-order valence-corrected chi connectivity index (χ1v) is 7.94. The summed E-state index contributed by atoms with van der Waals surface area (Å²) in [6.45, 7) is 8.41. The minimum atomic E-state index is -0.102. The molecule has 124 valence electrons. The average Bonchev–Trinajstić information content (AvgIpc) is 2.45. The summed E-state index contributed by atoms with van der Waals surface area (Å²) in [5, 5.41) is 0. The molecular formula is C16H30ClNO3. The Kier molecular flexibility index (Phi) is 6.95. The molecule has 0 saturated carbocycles. The van der Waals surface area contributed by atoms with E-state index in [1.54, 1.807) is 0 Å². The van der Waals surface area contributed by atoms with Gasteiger partial charge in [-0.1, -0.05) is 6.92 Å². The molecule has 0 aromatic rings. The van der Waals surface area contributed by atoms with Gasteiger partial charge in [-0.05, 0) is 51.0 Å². The Labute approximate surface area is 135 Å². The van der Waals surface area contributed by atoms with E-state index in [9.17, 15) is 4.79 Å². The molecule has 2 aliphatic rings. The van der Waals surface area contributed by atoms with Gasteiger partial charge in [-0.3, -0.25) is 4.79 Å². The van der Waals surface area contributed by atoms with Crippen molar-refractivity contribution in [1.82, 2.24) is 4.90 Å². The van der Waals surface area contributed by atoms with Gasteiger partial charge < -0.3 is 14.4 Å². The lowest BCUT2D eigenvalue weighted by Gasteiger charge is -2.50. The van der Waals surface area contributed by atoms with Crippen LogP contribution in [0.25, 0.3) is 0 Å². The number of piperidine rings is 1. The summed E-state index contributed by atoms with van der Waals surface area (Å²) in [7, 11) is 1.46. The van der Waals surface area contributed by atoms with Crippen molar-refractivity contribution >= 4 is 18.4 Å². The van der Waals surface area contributed by atoms with Crippen LogP contribution in [-0.2, 0) is 14.3 Å². The highest BCUT2D eigenvalue weighted by Crippen LogP contribution is 2.46. The van der Waals surface area contributed by atoms with Gasteiger partial charge in [0.1, 0.15) is 0 Å². The van der Waals surface area contributed by atoms with Gasteiger partial charge in [0.15, 0.2) is 0 Å². The fourth-order valence-corrected chi connectivity index (χ4v) is 3.87. The van der Waals surface area contributed by atoms with Crippen LogP contribution in [0.4, 0.5) is 0 Å². The summed E-state index contributed by atoms with van der Waals surface area (Å²) >= 11 is 0. The predicted molar refractivity (Wildman–Crippen MR) is 85.9 cm³/mol. The summed E-state index contributed by atoms with van der Waals surface area (Å²) in [5.74, 6) is -0.102. The Hall–Kier alpha value is -0.320. The number of ether oxygens (including phenoxy) is 2. The number of hydrogen-bond donors (Lipinski definition) is 0. The van der Waals surface area contributed by atoms with Gasteiger partial charge in [-0.15, -0.1) is 12.4 Å². The minimum Gasteiger partial charge on any atom is -0.469 e. The maximum Gasteiger partial charge on any atom is 0.306 e. The molecule has 0 aromatic heterocycles. The van der Waals surface area contributed by atoms with Crippen molar-refractivity contribution in [3.05, 3.63) is 0 Å². The second-order valence-corrected chi connectivity index (χ2v) is 6.78. The third kappa shape index (κ3) is 4.83. The first kappa shape index (κ1) is 18.7. The molecule has 2 saturated heterocycles. The van der Waals surface area contributed by atoms with Gasteiger partial charge in [0.2, 0.25) is 0 Å². The van der Waals surface area contributed by atoms with E-state index in [0.717, 1.165) is 45.5 Å². The molecule has 0 N–H and O–H groups in total. The van der Waals surface area contributed by atoms with Crippen LogP contribution in [0.3, 0.4) is 0 Å². The highest BCUT2D eigenvalue weighted by molar-refractivity contribution is 5.85. The standard InChI is InChI=1S/C16H29NO3.ClH/c1-4-15(2)12-16(8-11-20-15)7-5-9-17(13-16)10-6-14(18)19-3;/h4-13H2,1-3H3;1H. The Morgan fingerprint density at radius 3 is 2.81 bits per heavy atom. The van der Waals surface area contributed by atoms with Crippen molar-refractivity contribution in [1.29, 1.82) is 0 Å². The van der Waals surface area contributed by atoms with Crippen molar-refractivity contribution in [2.45, 2.75) is 58.0 Å². The smallest absolute Gasteiger partial charge is 0.306 e. The molecule has 1 spiro atoms. The van der Waals surface area contributed by atoms with E-state index in [1.165, 1.54) is 20.0 Å². The molecule has 0 radical (unpaired) electrons. The molecule has 0 amide bonds. The van der Waals surface area contributed by atoms with E-state index in [-0.39, 0.29) is 24.0 Å². The number of methoxy groups -OCH3 is 1. The molecule has 5 heteroatoms. The second kappa shape index (κ2) is 7.80. The Morgan fingerprint density at radius 1 is 1.38 bits per heavy atom. The molecule has 2 heterocycles. The van der Waals surface area contributed by atoms with E-state index >= 15 is 0 Å². The highest BCUT2D eigenvalue weighted by atomic mass is 35.5. The van der Waals surface area contributed by atoms with E-state index < -0.39 is 0 Å². The molecular weight excluding hydrogens is 290 g/mol. The second-order valence-electron chi connectivity index (χ2n) is 6.78. The van der Waals surface area contributed by atoms with Crippen LogP contribution < -0.4 is 0 Å². The van der Waals surface area contributed by atoms with Crippen molar-refractivity contribution in [3.63, 3.8) is 0 Å². The Morgan fingerprint density at radius 2 is 2.14 bits per heavy atom. The summed E-state index contributed by atoms with van der Waals surface area (Å²) in [4.78, 5) is 13.7. The topological polar surface area (TPSA) is 38.8 Å². The summed E-state index contributed by atoms with van der Waals surface area (Å²) < 4.78 is 10.7. The number of rotatable bonds is 4. The fraction of sp³-hybridized carbons (Fsp3) is 0.938. The van der Waals surface area contributed by atoms with E-state index in [0.29, 0.717) is 11.8 Å². The van der Waals surface area contributed by atoms with Gasteiger partial charge in [0, 0.05) is 19.7 Å². The number of halogens is 1. The van der Waals surface area contributed by atoms with Crippen LogP contribution in [0.15, 0.2) is 0 Å². The lowest BCUT2D eigenvalue weighted by molar-refractivity contribution is -0.143. The number of carbonyl (C=O) groups is 1. The van der Waals surface area contributed by atoms with Crippen molar-refractivity contribution < 1.29 is 14.3 Å². The molecule has 2 fully saturated rings. The predicted octanol–water partition coefficient (Wildman–Crippen LogP) is 3.03. The average molecular weight is 320 g/mol. The first-order valence-electron chi connectivity index (χ1n) is 7.94.